The van der Waals surface area contributed by atoms with E-state index in [1.54, 1.807) is 0 Å². The molecule has 0 amide bonds. The van der Waals surface area contributed by atoms with Crippen LogP contribution < -0.4 is 5.32 Å². The second kappa shape index (κ2) is 11.9. The number of nitrogens with one attached hydrogen (secondary N) is 1. The number of benzene rings is 6. The minimum absolute atomic E-state index is 0.237. The number of fused-ring (bicyclic) bond motifs is 6. The smallest absolute Gasteiger partial charge is 0.159 e. The second-order valence-corrected chi connectivity index (χ2v) is 14.6. The van der Waals surface area contributed by atoms with Crippen molar-refractivity contribution in [1.29, 1.82) is 0 Å². The maximum Gasteiger partial charge on any atom is 0.159 e. The van der Waals surface area contributed by atoms with E-state index in [1.165, 1.54) is 51.5 Å². The van der Waals surface area contributed by atoms with Crippen molar-refractivity contribution in [3.63, 3.8) is 0 Å². The summed E-state index contributed by atoms with van der Waals surface area (Å²) in [5.41, 5.74) is 7.57. The van der Waals surface area contributed by atoms with Crippen molar-refractivity contribution in [2.24, 2.45) is 9.98 Å². The molecule has 0 saturated carbocycles. The van der Waals surface area contributed by atoms with Gasteiger partial charge in [-0.05, 0) is 53.1 Å². The van der Waals surface area contributed by atoms with E-state index >= 15 is 0 Å². The molecule has 50 heavy (non-hydrogen) atoms. The average Bonchev–Trinajstić information content (AvgIpc) is 3.76. The van der Waals surface area contributed by atoms with Gasteiger partial charge in [-0.25, -0.2) is 9.98 Å². The van der Waals surface area contributed by atoms with Crippen LogP contribution in [0.4, 0.5) is 0 Å². The predicted molar refractivity (Wildman–Crippen MR) is 213 cm³/mol. The first-order chi connectivity index (χ1) is 24.7. The van der Waals surface area contributed by atoms with Crippen molar-refractivity contribution in [2.75, 3.05) is 0 Å². The summed E-state index contributed by atoms with van der Waals surface area (Å²) in [5.74, 6) is 1.52. The highest BCUT2D eigenvalue weighted by atomic mass is 32.1. The van der Waals surface area contributed by atoms with Crippen molar-refractivity contribution in [3.8, 4) is 22.4 Å². The number of amidine groups is 2. The molecule has 4 nitrogen and oxygen atoms in total. The van der Waals surface area contributed by atoms with Gasteiger partial charge in [0, 0.05) is 63.2 Å². The number of rotatable bonds is 5. The van der Waals surface area contributed by atoms with Crippen molar-refractivity contribution in [3.05, 3.63) is 175 Å². The predicted octanol–water partition coefficient (Wildman–Crippen LogP) is 11.6. The Labute approximate surface area is 296 Å². The van der Waals surface area contributed by atoms with E-state index in [-0.39, 0.29) is 6.17 Å². The van der Waals surface area contributed by atoms with Gasteiger partial charge >= 0.3 is 0 Å². The van der Waals surface area contributed by atoms with Gasteiger partial charge in [-0.3, -0.25) is 4.98 Å². The molecule has 236 valence electrons. The van der Waals surface area contributed by atoms with E-state index in [2.05, 4.69) is 121 Å². The third kappa shape index (κ3) is 5.00. The number of aliphatic imine (C=N–C) groups is 2. The molecule has 6 aromatic carbocycles. The number of hydrogen-bond acceptors (Lipinski definition) is 6. The summed E-state index contributed by atoms with van der Waals surface area (Å²) in [7, 11) is 0. The fourth-order valence-electron chi connectivity index (χ4n) is 6.93. The second-order valence-electron chi connectivity index (χ2n) is 12.5. The Morgan fingerprint density at radius 1 is 0.480 bits per heavy atom. The molecule has 0 fully saturated rings. The van der Waals surface area contributed by atoms with Crippen molar-refractivity contribution < 1.29 is 0 Å². The monoisotopic (exact) mass is 676 g/mol. The molecular weight excluding hydrogens is 649 g/mol. The van der Waals surface area contributed by atoms with Gasteiger partial charge in [0.25, 0.3) is 0 Å². The lowest BCUT2D eigenvalue weighted by atomic mass is 9.99. The Balaban J connectivity index is 1.05. The number of pyridine rings is 1. The van der Waals surface area contributed by atoms with Crippen molar-refractivity contribution in [2.45, 2.75) is 6.17 Å². The standard InChI is InChI=1S/C44H28N4S2/c1-3-9-28(10-4-1)42-46-43(29-11-5-2-6-12-29)48-44(47-42)30-17-15-27(16-18-30)41-40-35-26-32(20-22-38(35)50-39(40)23-24-45-41)31-19-21-37-34(25-31)33-13-7-8-14-36(33)49-37/h1-26,42H,(H,46,47,48). The third-order valence-corrected chi connectivity index (χ3v) is 11.7. The summed E-state index contributed by atoms with van der Waals surface area (Å²) in [4.78, 5) is 15.0. The molecule has 1 N–H and O–H groups in total. The minimum Gasteiger partial charge on any atom is -0.344 e. The molecule has 0 bridgehead atoms. The van der Waals surface area contributed by atoms with Gasteiger partial charge in [0.2, 0.25) is 0 Å². The van der Waals surface area contributed by atoms with Crippen LogP contribution in [-0.2, 0) is 0 Å². The van der Waals surface area contributed by atoms with Gasteiger partial charge in [-0.2, -0.15) is 0 Å². The normalized spacial score (nSPS) is 14.6. The number of nitrogens with zero attached hydrogens (tertiary/aromatic N) is 3. The molecule has 4 heterocycles. The molecule has 9 aromatic rings. The number of hydrogen-bond donors (Lipinski definition) is 1. The van der Waals surface area contributed by atoms with E-state index in [1.807, 2.05) is 65.3 Å². The van der Waals surface area contributed by atoms with Crippen LogP contribution in [-0.4, -0.2) is 16.7 Å². The molecule has 0 spiro atoms. The highest BCUT2D eigenvalue weighted by molar-refractivity contribution is 7.26. The molecule has 1 aliphatic heterocycles. The lowest BCUT2D eigenvalue weighted by Crippen LogP contribution is -2.33. The number of aromatic nitrogens is 1. The topological polar surface area (TPSA) is 49.6 Å². The zero-order chi connectivity index (χ0) is 33.0. The zero-order valence-electron chi connectivity index (χ0n) is 26.7. The molecule has 0 radical (unpaired) electrons. The molecule has 1 atom stereocenters. The van der Waals surface area contributed by atoms with Crippen LogP contribution in [0.25, 0.3) is 62.7 Å². The molecule has 1 unspecified atom stereocenters. The summed E-state index contributed by atoms with van der Waals surface area (Å²) in [5, 5.41) is 8.60. The first kappa shape index (κ1) is 29.0. The number of thiophene rings is 2. The van der Waals surface area contributed by atoms with Gasteiger partial charge in [-0.15, -0.1) is 22.7 Å². The molecule has 1 aliphatic rings. The van der Waals surface area contributed by atoms with E-state index in [4.69, 9.17) is 15.0 Å². The highest BCUT2D eigenvalue weighted by Gasteiger charge is 2.21. The summed E-state index contributed by atoms with van der Waals surface area (Å²) >= 11 is 3.67. The first-order valence-corrected chi connectivity index (χ1v) is 18.3. The fraction of sp³-hybridized carbons (Fsp3) is 0.0227. The van der Waals surface area contributed by atoms with Crippen LogP contribution in [0.5, 0.6) is 0 Å². The van der Waals surface area contributed by atoms with Crippen LogP contribution in [0.3, 0.4) is 0 Å². The van der Waals surface area contributed by atoms with Gasteiger partial charge in [0.1, 0.15) is 12.0 Å². The van der Waals surface area contributed by atoms with Crippen LogP contribution >= 0.6 is 22.7 Å². The van der Waals surface area contributed by atoms with Gasteiger partial charge < -0.3 is 5.32 Å². The van der Waals surface area contributed by atoms with E-state index < -0.39 is 0 Å². The van der Waals surface area contributed by atoms with Gasteiger partial charge in [0.05, 0.1) is 5.69 Å². The molecule has 6 heteroatoms. The molecular formula is C44H28N4S2. The van der Waals surface area contributed by atoms with E-state index in [0.717, 1.165) is 33.8 Å². The summed E-state index contributed by atoms with van der Waals surface area (Å²) in [6.45, 7) is 0. The van der Waals surface area contributed by atoms with Gasteiger partial charge in [-0.1, -0.05) is 115 Å². The molecule has 0 aliphatic carbocycles. The van der Waals surface area contributed by atoms with Crippen molar-refractivity contribution >= 4 is 74.7 Å². The Hall–Kier alpha value is -5.95. The largest absolute Gasteiger partial charge is 0.344 e. The Kier molecular flexibility index (Phi) is 6.89. The first-order valence-electron chi connectivity index (χ1n) is 16.6. The SMILES string of the molecule is c1ccc(C2=NC(c3ccc(-c4nccc5sc6ccc(-c7ccc8sc9ccccc9c8c7)cc6c45)cc3)=NC(c3ccccc3)N2)cc1. The maximum absolute atomic E-state index is 5.06. The lowest BCUT2D eigenvalue weighted by Gasteiger charge is -2.23. The summed E-state index contributed by atoms with van der Waals surface area (Å²) < 4.78 is 5.14. The Morgan fingerprint density at radius 2 is 1.10 bits per heavy atom. The van der Waals surface area contributed by atoms with Crippen LogP contribution in [0, 0.1) is 0 Å². The molecule has 10 rings (SSSR count). The minimum atomic E-state index is -0.237. The quantitative estimate of drug-likeness (QED) is 0.197. The molecule has 3 aromatic heterocycles. The van der Waals surface area contributed by atoms with Crippen LogP contribution in [0.2, 0.25) is 0 Å². The van der Waals surface area contributed by atoms with E-state index in [0.29, 0.717) is 5.84 Å². The third-order valence-electron chi connectivity index (χ3n) is 9.41. The summed E-state index contributed by atoms with van der Waals surface area (Å²) in [6, 6.07) is 53.6. The average molecular weight is 677 g/mol. The Morgan fingerprint density at radius 3 is 1.90 bits per heavy atom. The van der Waals surface area contributed by atoms with Crippen LogP contribution in [0.15, 0.2) is 168 Å². The van der Waals surface area contributed by atoms with E-state index in [9.17, 15) is 0 Å². The fourth-order valence-corrected chi connectivity index (χ4v) is 9.10. The Bertz CT molecular complexity index is 2780. The van der Waals surface area contributed by atoms with Crippen molar-refractivity contribution in [1.82, 2.24) is 10.3 Å². The summed E-state index contributed by atoms with van der Waals surface area (Å²) in [6.07, 6.45) is 1.69. The zero-order valence-corrected chi connectivity index (χ0v) is 28.4. The maximum atomic E-state index is 5.06. The van der Waals surface area contributed by atoms with Gasteiger partial charge in [0.15, 0.2) is 5.84 Å². The lowest BCUT2D eigenvalue weighted by molar-refractivity contribution is 0.674. The van der Waals surface area contributed by atoms with Crippen LogP contribution in [0.1, 0.15) is 22.9 Å². The highest BCUT2D eigenvalue weighted by Crippen LogP contribution is 2.42. The molecule has 0 saturated heterocycles.